The molecule has 0 saturated carbocycles. The first-order valence-electron chi connectivity index (χ1n) is 10.4. The highest BCUT2D eigenvalue weighted by Crippen LogP contribution is 2.26. The Labute approximate surface area is 186 Å². The first-order valence-corrected chi connectivity index (χ1v) is 10.4. The Bertz CT molecular complexity index is 1400. The van der Waals surface area contributed by atoms with Gasteiger partial charge < -0.3 is 5.32 Å². The van der Waals surface area contributed by atoms with Crippen LogP contribution in [0.5, 0.6) is 0 Å². The van der Waals surface area contributed by atoms with Crippen LogP contribution in [-0.2, 0) is 6.54 Å². The zero-order valence-corrected chi connectivity index (χ0v) is 17.9. The summed E-state index contributed by atoms with van der Waals surface area (Å²) in [6.45, 7) is 4.82. The minimum absolute atomic E-state index is 0.625. The lowest BCUT2D eigenvalue weighted by molar-refractivity contribution is 1.08. The lowest BCUT2D eigenvalue weighted by Gasteiger charge is -2.11. The minimum atomic E-state index is 0.625. The van der Waals surface area contributed by atoms with Gasteiger partial charge in [0.1, 0.15) is 11.5 Å². The van der Waals surface area contributed by atoms with Crippen LogP contribution in [-0.4, -0.2) is 24.9 Å². The standard InChI is InChI=1S/C26H22N6/c1-17-4-3-5-21(10-17)25-18(2)11-19(13-31-25)14-32-26-22-15-30-23(12-20(22)6-7-29-26)24-16-27-8-9-28-24/h3-13,15-16H,14H2,1-2H3,(H,29,32). The fourth-order valence-electron chi connectivity index (χ4n) is 3.79. The molecule has 0 spiro atoms. The highest BCUT2D eigenvalue weighted by atomic mass is 15.0. The van der Waals surface area contributed by atoms with Crippen LogP contribution >= 0.6 is 0 Å². The molecule has 5 rings (SSSR count). The highest BCUT2D eigenvalue weighted by molar-refractivity contribution is 5.92. The predicted molar refractivity (Wildman–Crippen MR) is 127 cm³/mol. The van der Waals surface area contributed by atoms with Gasteiger partial charge in [-0.05, 0) is 48.6 Å². The second kappa shape index (κ2) is 8.51. The Hall–Kier alpha value is -4.19. The van der Waals surface area contributed by atoms with Gasteiger partial charge in [0.05, 0.1) is 17.6 Å². The first kappa shape index (κ1) is 19.8. The first-order chi connectivity index (χ1) is 15.7. The molecule has 0 amide bonds. The van der Waals surface area contributed by atoms with E-state index in [2.05, 4.69) is 69.4 Å². The van der Waals surface area contributed by atoms with E-state index in [1.165, 1.54) is 5.56 Å². The quantitative estimate of drug-likeness (QED) is 0.413. The summed E-state index contributed by atoms with van der Waals surface area (Å²) in [4.78, 5) is 22.3. The number of hydrogen-bond donors (Lipinski definition) is 1. The van der Waals surface area contributed by atoms with E-state index in [1.54, 1.807) is 24.8 Å². The molecule has 6 heteroatoms. The van der Waals surface area contributed by atoms with Crippen molar-refractivity contribution in [1.82, 2.24) is 24.9 Å². The molecule has 0 bridgehead atoms. The predicted octanol–water partition coefficient (Wildman–Crippen LogP) is 5.38. The van der Waals surface area contributed by atoms with Crippen LogP contribution in [0.25, 0.3) is 33.4 Å². The lowest BCUT2D eigenvalue weighted by Crippen LogP contribution is -2.04. The van der Waals surface area contributed by atoms with E-state index in [-0.39, 0.29) is 0 Å². The van der Waals surface area contributed by atoms with Crippen molar-refractivity contribution in [2.75, 3.05) is 5.32 Å². The van der Waals surface area contributed by atoms with E-state index in [9.17, 15) is 0 Å². The molecule has 4 heterocycles. The smallest absolute Gasteiger partial charge is 0.135 e. The van der Waals surface area contributed by atoms with Gasteiger partial charge >= 0.3 is 0 Å². The summed E-state index contributed by atoms with van der Waals surface area (Å²) in [7, 11) is 0. The van der Waals surface area contributed by atoms with Crippen LogP contribution in [0.3, 0.4) is 0 Å². The van der Waals surface area contributed by atoms with E-state index in [0.717, 1.165) is 50.4 Å². The molecule has 32 heavy (non-hydrogen) atoms. The number of pyridine rings is 3. The Morgan fingerprint density at radius 2 is 1.72 bits per heavy atom. The second-order valence-electron chi connectivity index (χ2n) is 7.77. The summed E-state index contributed by atoms with van der Waals surface area (Å²) in [6.07, 6.45) is 10.6. The van der Waals surface area contributed by atoms with Crippen molar-refractivity contribution in [3.05, 3.63) is 96.3 Å². The Morgan fingerprint density at radius 3 is 2.53 bits per heavy atom. The van der Waals surface area contributed by atoms with Gasteiger partial charge in [0.15, 0.2) is 0 Å². The highest BCUT2D eigenvalue weighted by Gasteiger charge is 2.09. The monoisotopic (exact) mass is 418 g/mol. The fraction of sp³-hybridized carbons (Fsp3) is 0.115. The van der Waals surface area contributed by atoms with Crippen molar-refractivity contribution in [2.45, 2.75) is 20.4 Å². The maximum absolute atomic E-state index is 4.72. The molecule has 0 unspecified atom stereocenters. The van der Waals surface area contributed by atoms with Gasteiger partial charge in [-0.2, -0.15) is 0 Å². The van der Waals surface area contributed by atoms with E-state index in [0.29, 0.717) is 6.54 Å². The minimum Gasteiger partial charge on any atom is -0.365 e. The van der Waals surface area contributed by atoms with Gasteiger partial charge in [0, 0.05) is 48.5 Å². The van der Waals surface area contributed by atoms with Crippen LogP contribution in [0.2, 0.25) is 0 Å². The molecule has 0 fully saturated rings. The Kier molecular flexibility index (Phi) is 5.25. The molecule has 1 aromatic carbocycles. The number of anilines is 1. The average Bonchev–Trinajstić information content (AvgIpc) is 2.83. The number of hydrogen-bond acceptors (Lipinski definition) is 6. The van der Waals surface area contributed by atoms with E-state index in [4.69, 9.17) is 4.98 Å². The summed E-state index contributed by atoms with van der Waals surface area (Å²) in [5, 5.41) is 5.44. The molecule has 156 valence electrons. The van der Waals surface area contributed by atoms with Crippen LogP contribution < -0.4 is 5.32 Å². The third-order valence-electron chi connectivity index (χ3n) is 5.36. The number of benzene rings is 1. The molecular formula is C26H22N6. The summed E-state index contributed by atoms with van der Waals surface area (Å²) in [5.74, 6) is 0.793. The summed E-state index contributed by atoms with van der Waals surface area (Å²) >= 11 is 0. The molecule has 6 nitrogen and oxygen atoms in total. The van der Waals surface area contributed by atoms with Crippen LogP contribution in [0.1, 0.15) is 16.7 Å². The zero-order valence-electron chi connectivity index (χ0n) is 17.9. The largest absolute Gasteiger partial charge is 0.365 e. The van der Waals surface area contributed by atoms with E-state index >= 15 is 0 Å². The number of nitrogens with zero attached hydrogens (tertiary/aromatic N) is 5. The SMILES string of the molecule is Cc1cccc(-c2ncc(CNc3nccc4cc(-c5cnccn5)ncc34)cc2C)c1. The van der Waals surface area contributed by atoms with Gasteiger partial charge in [-0.3, -0.25) is 19.9 Å². The summed E-state index contributed by atoms with van der Waals surface area (Å²) < 4.78 is 0. The number of aromatic nitrogens is 5. The van der Waals surface area contributed by atoms with Crippen LogP contribution in [0.15, 0.2) is 79.6 Å². The molecule has 1 N–H and O–H groups in total. The van der Waals surface area contributed by atoms with Crippen LogP contribution in [0, 0.1) is 13.8 Å². The zero-order chi connectivity index (χ0) is 21.9. The van der Waals surface area contributed by atoms with Crippen molar-refractivity contribution in [3.63, 3.8) is 0 Å². The summed E-state index contributed by atoms with van der Waals surface area (Å²) in [5.41, 5.74) is 7.17. The van der Waals surface area contributed by atoms with Crippen molar-refractivity contribution in [3.8, 4) is 22.6 Å². The number of nitrogens with one attached hydrogen (secondary N) is 1. The average molecular weight is 419 g/mol. The molecule has 0 aliphatic rings. The maximum Gasteiger partial charge on any atom is 0.135 e. The molecular weight excluding hydrogens is 396 g/mol. The molecule has 0 aliphatic heterocycles. The van der Waals surface area contributed by atoms with Crippen molar-refractivity contribution >= 4 is 16.6 Å². The van der Waals surface area contributed by atoms with Gasteiger partial charge in [-0.15, -0.1) is 0 Å². The van der Waals surface area contributed by atoms with Crippen molar-refractivity contribution in [2.24, 2.45) is 0 Å². The molecule has 0 aliphatic carbocycles. The topological polar surface area (TPSA) is 76.5 Å². The van der Waals surface area contributed by atoms with Crippen LogP contribution in [0.4, 0.5) is 5.82 Å². The summed E-state index contributed by atoms with van der Waals surface area (Å²) in [6, 6.07) is 14.6. The van der Waals surface area contributed by atoms with Crippen molar-refractivity contribution in [1.29, 1.82) is 0 Å². The van der Waals surface area contributed by atoms with E-state index < -0.39 is 0 Å². The van der Waals surface area contributed by atoms with E-state index in [1.807, 2.05) is 24.5 Å². The third-order valence-corrected chi connectivity index (χ3v) is 5.36. The molecule has 0 atom stereocenters. The molecule has 0 radical (unpaired) electrons. The maximum atomic E-state index is 4.72. The molecule has 4 aromatic heterocycles. The molecule has 0 saturated heterocycles. The second-order valence-corrected chi connectivity index (χ2v) is 7.77. The van der Waals surface area contributed by atoms with Gasteiger partial charge in [-0.25, -0.2) is 4.98 Å². The fourth-order valence-corrected chi connectivity index (χ4v) is 3.79. The Balaban J connectivity index is 1.38. The molecule has 5 aromatic rings. The number of fused-ring (bicyclic) bond motifs is 1. The lowest BCUT2D eigenvalue weighted by atomic mass is 10.0. The Morgan fingerprint density at radius 1 is 0.781 bits per heavy atom. The van der Waals surface area contributed by atoms with Gasteiger partial charge in [0.2, 0.25) is 0 Å². The number of rotatable bonds is 5. The number of aryl methyl sites for hydroxylation is 2. The van der Waals surface area contributed by atoms with Gasteiger partial charge in [-0.1, -0.05) is 29.8 Å². The normalized spacial score (nSPS) is 10.9. The van der Waals surface area contributed by atoms with Crippen molar-refractivity contribution < 1.29 is 0 Å². The van der Waals surface area contributed by atoms with Gasteiger partial charge in [0.25, 0.3) is 0 Å². The third kappa shape index (κ3) is 4.03.